The zero-order valence-corrected chi connectivity index (χ0v) is 24.5. The van der Waals surface area contributed by atoms with Crippen LogP contribution in [0.5, 0.6) is 0 Å². The first kappa shape index (κ1) is 35.6. The molecule has 0 saturated carbocycles. The summed E-state index contributed by atoms with van der Waals surface area (Å²) >= 11 is 0. The molecule has 0 aromatic rings. The molecule has 37 heavy (non-hydrogen) atoms. The SMILES string of the molecule is CCCCCC/C=C/CCCCCCCC(=O)OC[C@H](CO)OC(=O)CCCCCCCCCCCC. The largest absolute Gasteiger partial charge is 0.462 e. The number of hydrogen-bond donors (Lipinski definition) is 1. The molecule has 1 N–H and O–H groups in total. The number of aliphatic hydroxyl groups is 1. The lowest BCUT2D eigenvalue weighted by atomic mass is 10.1. The van der Waals surface area contributed by atoms with Crippen molar-refractivity contribution in [3.63, 3.8) is 0 Å². The molecule has 0 rings (SSSR count). The molecule has 1 atom stereocenters. The Kier molecular flexibility index (Phi) is 28.1. The molecule has 0 radical (unpaired) electrons. The summed E-state index contributed by atoms with van der Waals surface area (Å²) in [7, 11) is 0. The number of carbonyl (C=O) groups is 2. The van der Waals surface area contributed by atoms with Crippen molar-refractivity contribution in [2.75, 3.05) is 13.2 Å². The van der Waals surface area contributed by atoms with E-state index < -0.39 is 6.10 Å². The van der Waals surface area contributed by atoms with Crippen molar-refractivity contribution in [1.82, 2.24) is 0 Å². The molecule has 0 bridgehead atoms. The monoisotopic (exact) mass is 524 g/mol. The smallest absolute Gasteiger partial charge is 0.306 e. The fourth-order valence-corrected chi connectivity index (χ4v) is 4.37. The van der Waals surface area contributed by atoms with E-state index in [0.717, 1.165) is 44.9 Å². The van der Waals surface area contributed by atoms with Crippen molar-refractivity contribution in [3.8, 4) is 0 Å². The number of esters is 2. The van der Waals surface area contributed by atoms with Crippen molar-refractivity contribution in [1.29, 1.82) is 0 Å². The lowest BCUT2D eigenvalue weighted by Gasteiger charge is -2.15. The topological polar surface area (TPSA) is 72.8 Å². The lowest BCUT2D eigenvalue weighted by Crippen LogP contribution is -2.28. The zero-order chi connectivity index (χ0) is 27.2. The van der Waals surface area contributed by atoms with Crippen LogP contribution in [0.3, 0.4) is 0 Å². The van der Waals surface area contributed by atoms with E-state index in [1.165, 1.54) is 89.9 Å². The highest BCUT2D eigenvalue weighted by molar-refractivity contribution is 5.70. The van der Waals surface area contributed by atoms with E-state index in [1.807, 2.05) is 0 Å². The average molecular weight is 525 g/mol. The average Bonchev–Trinajstić information content (AvgIpc) is 2.90. The predicted molar refractivity (Wildman–Crippen MR) is 155 cm³/mol. The second kappa shape index (κ2) is 29.2. The molecule has 0 amide bonds. The van der Waals surface area contributed by atoms with E-state index in [4.69, 9.17) is 9.47 Å². The van der Waals surface area contributed by atoms with Crippen LogP contribution in [0.1, 0.15) is 162 Å². The van der Waals surface area contributed by atoms with Crippen LogP contribution in [-0.4, -0.2) is 36.4 Å². The fraction of sp³-hybridized carbons (Fsp3) is 0.875. The molecule has 5 nitrogen and oxygen atoms in total. The van der Waals surface area contributed by atoms with Gasteiger partial charge in [0, 0.05) is 12.8 Å². The molecule has 0 aromatic carbocycles. The Hall–Kier alpha value is -1.36. The van der Waals surface area contributed by atoms with Crippen molar-refractivity contribution >= 4 is 11.9 Å². The Morgan fingerprint density at radius 1 is 0.595 bits per heavy atom. The van der Waals surface area contributed by atoms with Crippen LogP contribution in [0.2, 0.25) is 0 Å². The van der Waals surface area contributed by atoms with Gasteiger partial charge in [-0.1, -0.05) is 122 Å². The van der Waals surface area contributed by atoms with Crippen LogP contribution in [0, 0.1) is 0 Å². The minimum Gasteiger partial charge on any atom is -0.462 e. The maximum atomic E-state index is 12.0. The van der Waals surface area contributed by atoms with Crippen molar-refractivity contribution in [2.24, 2.45) is 0 Å². The molecule has 5 heteroatoms. The van der Waals surface area contributed by atoms with E-state index in [1.54, 1.807) is 0 Å². The van der Waals surface area contributed by atoms with Crippen LogP contribution in [-0.2, 0) is 19.1 Å². The van der Waals surface area contributed by atoms with Gasteiger partial charge in [0.1, 0.15) is 6.61 Å². The summed E-state index contributed by atoms with van der Waals surface area (Å²) in [5, 5.41) is 9.46. The molecule has 0 aliphatic carbocycles. The standard InChI is InChI=1S/C32H60O5/c1-3-5-7-9-11-13-15-16-17-19-20-22-24-26-31(34)36-29-30(28-33)37-32(35)27-25-23-21-18-14-12-10-8-6-4-2/h13,15,30,33H,3-12,14,16-29H2,1-2H3/b15-13+/t30-/m0/s1. The molecule has 0 unspecified atom stereocenters. The first-order valence-electron chi connectivity index (χ1n) is 15.7. The number of allylic oxidation sites excluding steroid dienone is 2. The van der Waals surface area contributed by atoms with E-state index in [-0.39, 0.29) is 25.2 Å². The first-order chi connectivity index (χ1) is 18.1. The summed E-state index contributed by atoms with van der Waals surface area (Å²) in [4.78, 5) is 24.0. The summed E-state index contributed by atoms with van der Waals surface area (Å²) in [6, 6.07) is 0. The highest BCUT2D eigenvalue weighted by Gasteiger charge is 2.16. The molecule has 0 aromatic heterocycles. The van der Waals surface area contributed by atoms with Crippen LogP contribution < -0.4 is 0 Å². The van der Waals surface area contributed by atoms with Crippen LogP contribution >= 0.6 is 0 Å². The number of unbranched alkanes of at least 4 members (excludes halogenated alkanes) is 18. The molecule has 218 valence electrons. The van der Waals surface area contributed by atoms with Gasteiger partial charge in [-0.2, -0.15) is 0 Å². The quantitative estimate of drug-likeness (QED) is 0.0628. The third-order valence-corrected chi connectivity index (χ3v) is 6.81. The first-order valence-corrected chi connectivity index (χ1v) is 15.7. The van der Waals surface area contributed by atoms with Crippen LogP contribution in [0.4, 0.5) is 0 Å². The fourth-order valence-electron chi connectivity index (χ4n) is 4.37. The van der Waals surface area contributed by atoms with Gasteiger partial charge in [-0.3, -0.25) is 9.59 Å². The summed E-state index contributed by atoms with van der Waals surface area (Å²) in [6.07, 6.45) is 29.7. The van der Waals surface area contributed by atoms with Crippen molar-refractivity contribution in [3.05, 3.63) is 12.2 Å². The molecule has 0 saturated heterocycles. The van der Waals surface area contributed by atoms with Gasteiger partial charge in [0.25, 0.3) is 0 Å². The summed E-state index contributed by atoms with van der Waals surface area (Å²) in [5.74, 6) is -0.601. The Balaban J connectivity index is 3.59. The summed E-state index contributed by atoms with van der Waals surface area (Å²) in [6.45, 7) is 4.08. The Labute approximate surface area is 229 Å². The lowest BCUT2D eigenvalue weighted by molar-refractivity contribution is -0.161. The number of carbonyl (C=O) groups excluding carboxylic acids is 2. The van der Waals surface area contributed by atoms with Gasteiger partial charge in [-0.05, 0) is 38.5 Å². The van der Waals surface area contributed by atoms with Crippen molar-refractivity contribution in [2.45, 2.75) is 168 Å². The van der Waals surface area contributed by atoms with Gasteiger partial charge < -0.3 is 14.6 Å². The van der Waals surface area contributed by atoms with E-state index in [9.17, 15) is 14.7 Å². The van der Waals surface area contributed by atoms with Gasteiger partial charge in [0.15, 0.2) is 6.10 Å². The molecule has 0 fully saturated rings. The number of ether oxygens (including phenoxy) is 2. The molecule has 0 aliphatic heterocycles. The van der Waals surface area contributed by atoms with E-state index in [2.05, 4.69) is 26.0 Å². The second-order valence-corrected chi connectivity index (χ2v) is 10.5. The van der Waals surface area contributed by atoms with Gasteiger partial charge in [-0.25, -0.2) is 0 Å². The molecule has 0 heterocycles. The number of aliphatic hydroxyl groups excluding tert-OH is 1. The predicted octanol–water partition coefficient (Wildman–Crippen LogP) is 9.00. The van der Waals surface area contributed by atoms with Crippen LogP contribution in [0.25, 0.3) is 0 Å². The zero-order valence-electron chi connectivity index (χ0n) is 24.5. The van der Waals surface area contributed by atoms with Crippen LogP contribution in [0.15, 0.2) is 12.2 Å². The van der Waals surface area contributed by atoms with Gasteiger partial charge in [-0.15, -0.1) is 0 Å². The highest BCUT2D eigenvalue weighted by atomic mass is 16.6. The Morgan fingerprint density at radius 3 is 1.49 bits per heavy atom. The van der Waals surface area contributed by atoms with Gasteiger partial charge >= 0.3 is 11.9 Å². The normalized spacial score (nSPS) is 12.2. The van der Waals surface area contributed by atoms with E-state index >= 15 is 0 Å². The van der Waals surface area contributed by atoms with Gasteiger partial charge in [0.05, 0.1) is 6.61 Å². The molecular formula is C32H60O5. The Morgan fingerprint density at radius 2 is 1.00 bits per heavy atom. The third-order valence-electron chi connectivity index (χ3n) is 6.81. The maximum Gasteiger partial charge on any atom is 0.306 e. The minimum atomic E-state index is -0.765. The number of hydrogen-bond acceptors (Lipinski definition) is 5. The van der Waals surface area contributed by atoms with Gasteiger partial charge in [0.2, 0.25) is 0 Å². The Bertz CT molecular complexity index is 531. The van der Waals surface area contributed by atoms with Crippen molar-refractivity contribution < 1.29 is 24.2 Å². The highest BCUT2D eigenvalue weighted by Crippen LogP contribution is 2.12. The second-order valence-electron chi connectivity index (χ2n) is 10.5. The molecule has 0 aliphatic rings. The molecular weight excluding hydrogens is 464 g/mol. The number of rotatable bonds is 28. The molecule has 0 spiro atoms. The van der Waals surface area contributed by atoms with E-state index in [0.29, 0.717) is 12.8 Å². The third kappa shape index (κ3) is 27.5. The minimum absolute atomic E-state index is 0.0656. The maximum absolute atomic E-state index is 12.0. The summed E-state index contributed by atoms with van der Waals surface area (Å²) < 4.78 is 10.5. The summed E-state index contributed by atoms with van der Waals surface area (Å²) in [5.41, 5.74) is 0.